The van der Waals surface area contributed by atoms with Crippen LogP contribution in [0, 0.1) is 11.8 Å². The Morgan fingerprint density at radius 3 is 2.50 bits per heavy atom. The van der Waals surface area contributed by atoms with E-state index in [1.54, 1.807) is 13.0 Å². The molecule has 0 spiro atoms. The molecular formula is C24H29NO7. The van der Waals surface area contributed by atoms with Crippen LogP contribution in [-0.4, -0.2) is 52.3 Å². The molecule has 1 aromatic carbocycles. The van der Waals surface area contributed by atoms with Crippen molar-refractivity contribution in [1.82, 2.24) is 5.32 Å². The molecule has 32 heavy (non-hydrogen) atoms. The van der Waals surface area contributed by atoms with E-state index in [2.05, 4.69) is 5.32 Å². The molecule has 3 atom stereocenters. The number of rotatable bonds is 7. The minimum Gasteiger partial charge on any atom is -0.496 e. The molecule has 1 heterocycles. The summed E-state index contributed by atoms with van der Waals surface area (Å²) in [4.78, 5) is 39.3. The normalized spacial score (nSPS) is 22.8. The van der Waals surface area contributed by atoms with Gasteiger partial charge in [0.1, 0.15) is 18.3 Å². The van der Waals surface area contributed by atoms with Crippen LogP contribution in [0.15, 0.2) is 46.8 Å². The van der Waals surface area contributed by atoms with Crippen molar-refractivity contribution in [1.29, 1.82) is 0 Å². The van der Waals surface area contributed by atoms with Gasteiger partial charge in [0, 0.05) is 29.6 Å². The maximum absolute atomic E-state index is 13.7. The lowest BCUT2D eigenvalue weighted by molar-refractivity contribution is -0.151. The minimum absolute atomic E-state index is 0.0758. The first kappa shape index (κ1) is 23.5. The average molecular weight is 443 g/mol. The number of ketones is 1. The van der Waals surface area contributed by atoms with Crippen LogP contribution in [-0.2, 0) is 28.6 Å². The molecular weight excluding hydrogens is 414 g/mol. The first-order valence-corrected chi connectivity index (χ1v) is 10.5. The zero-order valence-electron chi connectivity index (χ0n) is 19.0. The third-order valence-corrected chi connectivity index (χ3v) is 5.93. The maximum Gasteiger partial charge on any atom is 0.336 e. The topological polar surface area (TPSA) is 100 Å². The van der Waals surface area contributed by atoms with E-state index in [1.807, 2.05) is 25.1 Å². The van der Waals surface area contributed by atoms with Gasteiger partial charge in [-0.1, -0.05) is 25.1 Å². The Morgan fingerprint density at radius 2 is 1.84 bits per heavy atom. The van der Waals surface area contributed by atoms with Gasteiger partial charge >= 0.3 is 11.9 Å². The Bertz CT molecular complexity index is 978. The van der Waals surface area contributed by atoms with Crippen LogP contribution in [0.5, 0.6) is 5.75 Å². The number of carbonyl (C=O) groups is 3. The summed E-state index contributed by atoms with van der Waals surface area (Å²) >= 11 is 0. The van der Waals surface area contributed by atoms with Crippen molar-refractivity contribution in [2.75, 3.05) is 34.5 Å². The number of allylic oxidation sites excluding steroid dienone is 3. The van der Waals surface area contributed by atoms with Gasteiger partial charge < -0.3 is 24.3 Å². The first-order valence-electron chi connectivity index (χ1n) is 10.5. The Labute approximate surface area is 187 Å². The summed E-state index contributed by atoms with van der Waals surface area (Å²) in [5.41, 5.74) is 2.61. The van der Waals surface area contributed by atoms with Crippen LogP contribution in [0.1, 0.15) is 31.7 Å². The summed E-state index contributed by atoms with van der Waals surface area (Å²) in [5.74, 6) is -2.90. The fourth-order valence-corrected chi connectivity index (χ4v) is 4.46. The van der Waals surface area contributed by atoms with Crippen molar-refractivity contribution < 1.29 is 33.3 Å². The highest BCUT2D eigenvalue weighted by Crippen LogP contribution is 2.47. The lowest BCUT2D eigenvalue weighted by Crippen LogP contribution is -2.43. The van der Waals surface area contributed by atoms with Crippen molar-refractivity contribution >= 4 is 17.7 Å². The third-order valence-electron chi connectivity index (χ3n) is 5.93. The van der Waals surface area contributed by atoms with E-state index in [9.17, 15) is 14.4 Å². The number of hydrogen-bond acceptors (Lipinski definition) is 8. The smallest absolute Gasteiger partial charge is 0.336 e. The van der Waals surface area contributed by atoms with E-state index in [1.165, 1.54) is 21.3 Å². The number of ether oxygens (including phenoxy) is 4. The number of nitrogens with one attached hydrogen (secondary N) is 1. The Kier molecular flexibility index (Phi) is 7.35. The second-order valence-electron chi connectivity index (χ2n) is 7.91. The number of Topliss-reactive ketones (excluding diaryl/α,β-unsaturated/α-hetero) is 1. The van der Waals surface area contributed by atoms with Crippen LogP contribution in [0.2, 0.25) is 0 Å². The number of dihydropyridines is 1. The van der Waals surface area contributed by atoms with Gasteiger partial charge in [-0.25, -0.2) is 4.79 Å². The first-order chi connectivity index (χ1) is 15.3. The number of para-hydroxylation sites is 1. The van der Waals surface area contributed by atoms with Crippen LogP contribution in [0.25, 0.3) is 0 Å². The van der Waals surface area contributed by atoms with Crippen molar-refractivity contribution in [3.63, 3.8) is 0 Å². The summed E-state index contributed by atoms with van der Waals surface area (Å²) in [6.07, 6.45) is 0.468. The summed E-state index contributed by atoms with van der Waals surface area (Å²) in [5, 5.41) is 3.23. The third kappa shape index (κ3) is 4.27. The molecule has 8 heteroatoms. The largest absolute Gasteiger partial charge is 0.496 e. The molecule has 172 valence electrons. The number of benzene rings is 1. The van der Waals surface area contributed by atoms with E-state index in [0.717, 1.165) is 0 Å². The predicted molar refractivity (Wildman–Crippen MR) is 116 cm³/mol. The number of methoxy groups -OCH3 is 3. The molecule has 0 saturated carbocycles. The maximum atomic E-state index is 13.7. The molecule has 0 fully saturated rings. The molecule has 0 saturated heterocycles. The van der Waals surface area contributed by atoms with Crippen molar-refractivity contribution in [2.24, 2.45) is 11.8 Å². The van der Waals surface area contributed by atoms with Gasteiger partial charge in [0.25, 0.3) is 0 Å². The Hall–Kier alpha value is -3.13. The molecule has 1 aromatic rings. The summed E-state index contributed by atoms with van der Waals surface area (Å²) < 4.78 is 20.9. The van der Waals surface area contributed by atoms with Gasteiger partial charge in [-0.2, -0.15) is 0 Å². The van der Waals surface area contributed by atoms with Crippen molar-refractivity contribution in [3.05, 3.63) is 52.4 Å². The molecule has 0 bridgehead atoms. The molecule has 1 aliphatic heterocycles. The van der Waals surface area contributed by atoms with Gasteiger partial charge in [0.15, 0.2) is 5.78 Å². The monoisotopic (exact) mass is 443 g/mol. The van der Waals surface area contributed by atoms with E-state index in [0.29, 0.717) is 40.3 Å². The average Bonchev–Trinajstić information content (AvgIpc) is 2.77. The van der Waals surface area contributed by atoms with Gasteiger partial charge in [-0.15, -0.1) is 0 Å². The molecule has 3 rings (SSSR count). The van der Waals surface area contributed by atoms with Gasteiger partial charge in [0.2, 0.25) is 0 Å². The molecule has 0 radical (unpaired) electrons. The van der Waals surface area contributed by atoms with E-state index >= 15 is 0 Å². The lowest BCUT2D eigenvalue weighted by Gasteiger charge is -2.38. The summed E-state index contributed by atoms with van der Waals surface area (Å²) in [6, 6.07) is 7.22. The number of esters is 2. The minimum atomic E-state index is -0.943. The highest BCUT2D eigenvalue weighted by Gasteiger charge is 2.47. The molecule has 0 amide bonds. The SMILES string of the molecule is COCCOC(=O)C1=C(C)NC2=C(C(=O)[C@H](C(=O)OC)[C@H](C)C2)[C@H]1c1ccccc1OC. The number of carbonyl (C=O) groups excluding carboxylic acids is 3. The second-order valence-corrected chi connectivity index (χ2v) is 7.91. The number of hydrogen-bond donors (Lipinski definition) is 1. The molecule has 0 aromatic heterocycles. The van der Waals surface area contributed by atoms with Crippen LogP contribution < -0.4 is 10.1 Å². The van der Waals surface area contributed by atoms with Gasteiger partial charge in [-0.3, -0.25) is 9.59 Å². The standard InChI is InChI=1S/C24H29NO7/c1-13-12-16-21(22(26)18(13)23(27)31-5)20(15-8-6-7-9-17(15)30-4)19(14(2)25-16)24(28)32-11-10-29-3/h6-9,13,18,20,25H,10-12H2,1-5H3/t13-,18-,20+/m1/s1. The fraction of sp³-hybridized carbons (Fsp3) is 0.458. The molecule has 8 nitrogen and oxygen atoms in total. The second kappa shape index (κ2) is 9.99. The highest BCUT2D eigenvalue weighted by atomic mass is 16.6. The molecule has 2 aliphatic rings. The summed E-state index contributed by atoms with van der Waals surface area (Å²) in [6.45, 7) is 3.95. The highest BCUT2D eigenvalue weighted by molar-refractivity contribution is 6.12. The Morgan fingerprint density at radius 1 is 1.12 bits per heavy atom. The van der Waals surface area contributed by atoms with E-state index in [4.69, 9.17) is 18.9 Å². The fourth-order valence-electron chi connectivity index (χ4n) is 4.46. The molecule has 0 unspecified atom stereocenters. The predicted octanol–water partition coefficient (Wildman–Crippen LogP) is 2.50. The quantitative estimate of drug-likeness (QED) is 0.390. The van der Waals surface area contributed by atoms with E-state index < -0.39 is 23.8 Å². The van der Waals surface area contributed by atoms with E-state index in [-0.39, 0.29) is 24.9 Å². The Balaban J connectivity index is 2.16. The van der Waals surface area contributed by atoms with Crippen molar-refractivity contribution in [3.8, 4) is 5.75 Å². The van der Waals surface area contributed by atoms with Gasteiger partial charge in [0.05, 0.1) is 32.3 Å². The van der Waals surface area contributed by atoms with Gasteiger partial charge in [-0.05, 0) is 25.3 Å². The van der Waals surface area contributed by atoms with Crippen molar-refractivity contribution in [2.45, 2.75) is 26.2 Å². The molecule has 1 aliphatic carbocycles. The zero-order chi connectivity index (χ0) is 23.4. The zero-order valence-corrected chi connectivity index (χ0v) is 19.0. The summed E-state index contributed by atoms with van der Waals surface area (Å²) in [7, 11) is 4.32. The lowest BCUT2D eigenvalue weighted by atomic mass is 9.69. The van der Waals surface area contributed by atoms with Crippen LogP contribution >= 0.6 is 0 Å². The van der Waals surface area contributed by atoms with Crippen LogP contribution in [0.4, 0.5) is 0 Å². The molecule has 1 N–H and O–H groups in total. The van der Waals surface area contributed by atoms with Crippen LogP contribution in [0.3, 0.4) is 0 Å².